The van der Waals surface area contributed by atoms with Crippen molar-refractivity contribution in [3.63, 3.8) is 0 Å². The van der Waals surface area contributed by atoms with Gasteiger partial charge in [0.25, 0.3) is 5.91 Å². The van der Waals surface area contributed by atoms with Crippen LogP contribution in [-0.4, -0.2) is 41.9 Å². The standard InChI is InChI=1S/C29H35N3O4/c1-3-19-36-25-15-11-23(12-16-25)30-27(33)20-26-28(34)32(24-13-9-21(2)10-14-24)29(35)31(26)18-17-22-7-5-4-6-8-22/h7,9-16,26H,3-6,8,17-20H2,1-2H3,(H,30,33). The summed E-state index contributed by atoms with van der Waals surface area (Å²) in [5.74, 6) is 0.0688. The van der Waals surface area contributed by atoms with Crippen molar-refractivity contribution in [3.8, 4) is 5.75 Å². The second kappa shape index (κ2) is 11.9. The minimum atomic E-state index is -0.838. The molecule has 190 valence electrons. The van der Waals surface area contributed by atoms with E-state index in [0.29, 0.717) is 24.5 Å². The van der Waals surface area contributed by atoms with Gasteiger partial charge in [0, 0.05) is 12.2 Å². The largest absolute Gasteiger partial charge is 0.494 e. The number of carbonyl (C=O) groups is 3. The van der Waals surface area contributed by atoms with Gasteiger partial charge in [0.1, 0.15) is 11.8 Å². The zero-order valence-corrected chi connectivity index (χ0v) is 21.2. The van der Waals surface area contributed by atoms with E-state index >= 15 is 0 Å². The number of nitrogens with zero attached hydrogens (tertiary/aromatic N) is 2. The maximum Gasteiger partial charge on any atom is 0.332 e. The summed E-state index contributed by atoms with van der Waals surface area (Å²) in [6.45, 7) is 5.05. The van der Waals surface area contributed by atoms with Crippen LogP contribution in [0.2, 0.25) is 0 Å². The molecule has 1 heterocycles. The number of allylic oxidation sites excluding steroid dienone is 1. The Morgan fingerprint density at radius 2 is 1.81 bits per heavy atom. The van der Waals surface area contributed by atoms with Crippen LogP contribution >= 0.6 is 0 Å². The third-order valence-corrected chi connectivity index (χ3v) is 6.66. The summed E-state index contributed by atoms with van der Waals surface area (Å²) in [6.07, 6.45) is 8.23. The van der Waals surface area contributed by atoms with Crippen LogP contribution in [0.3, 0.4) is 0 Å². The van der Waals surface area contributed by atoms with Crippen LogP contribution in [0.4, 0.5) is 16.2 Å². The lowest BCUT2D eigenvalue weighted by atomic mass is 9.97. The Morgan fingerprint density at radius 3 is 2.47 bits per heavy atom. The SMILES string of the molecule is CCCOc1ccc(NC(=O)CC2C(=O)N(c3ccc(C)cc3)C(=O)N2CCC2=CCCCC2)cc1. The zero-order chi connectivity index (χ0) is 25.5. The highest BCUT2D eigenvalue weighted by Gasteiger charge is 2.46. The van der Waals surface area contributed by atoms with Gasteiger partial charge in [0.2, 0.25) is 5.91 Å². The Hall–Kier alpha value is -3.61. The van der Waals surface area contributed by atoms with Crippen molar-refractivity contribution >= 4 is 29.2 Å². The highest BCUT2D eigenvalue weighted by atomic mass is 16.5. The third-order valence-electron chi connectivity index (χ3n) is 6.66. The first-order chi connectivity index (χ1) is 17.5. The smallest absolute Gasteiger partial charge is 0.332 e. The van der Waals surface area contributed by atoms with Gasteiger partial charge in [-0.2, -0.15) is 0 Å². The molecule has 1 saturated heterocycles. The van der Waals surface area contributed by atoms with Crippen molar-refractivity contribution in [1.82, 2.24) is 4.90 Å². The van der Waals surface area contributed by atoms with Gasteiger partial charge in [-0.25, -0.2) is 9.69 Å². The lowest BCUT2D eigenvalue weighted by Gasteiger charge is -2.23. The number of carbonyl (C=O) groups excluding carboxylic acids is 3. The fourth-order valence-corrected chi connectivity index (χ4v) is 4.66. The van der Waals surface area contributed by atoms with Crippen LogP contribution in [-0.2, 0) is 9.59 Å². The van der Waals surface area contributed by atoms with Crippen molar-refractivity contribution in [2.75, 3.05) is 23.4 Å². The second-order valence-corrected chi connectivity index (χ2v) is 9.48. The summed E-state index contributed by atoms with van der Waals surface area (Å²) in [5, 5.41) is 2.86. The van der Waals surface area contributed by atoms with E-state index in [2.05, 4.69) is 11.4 Å². The Morgan fingerprint density at radius 1 is 1.06 bits per heavy atom. The summed E-state index contributed by atoms with van der Waals surface area (Å²) >= 11 is 0. The van der Waals surface area contributed by atoms with Crippen molar-refractivity contribution in [2.45, 2.75) is 64.8 Å². The predicted octanol–water partition coefficient (Wildman–Crippen LogP) is 5.84. The molecule has 4 rings (SSSR count). The highest BCUT2D eigenvalue weighted by molar-refractivity contribution is 6.22. The number of benzene rings is 2. The summed E-state index contributed by atoms with van der Waals surface area (Å²) in [4.78, 5) is 42.6. The lowest BCUT2D eigenvalue weighted by Crippen LogP contribution is -2.38. The minimum Gasteiger partial charge on any atom is -0.494 e. The van der Waals surface area contributed by atoms with E-state index < -0.39 is 6.04 Å². The molecular formula is C29H35N3O4. The fraction of sp³-hybridized carbons (Fsp3) is 0.414. The monoisotopic (exact) mass is 489 g/mol. The quantitative estimate of drug-likeness (QED) is 0.336. The molecule has 36 heavy (non-hydrogen) atoms. The van der Waals surface area contributed by atoms with Gasteiger partial charge < -0.3 is 15.0 Å². The predicted molar refractivity (Wildman–Crippen MR) is 141 cm³/mol. The van der Waals surface area contributed by atoms with Crippen molar-refractivity contribution < 1.29 is 19.1 Å². The Balaban J connectivity index is 1.48. The van der Waals surface area contributed by atoms with Crippen molar-refractivity contribution in [1.29, 1.82) is 0 Å². The van der Waals surface area contributed by atoms with E-state index in [1.807, 2.05) is 26.0 Å². The second-order valence-electron chi connectivity index (χ2n) is 9.48. The van der Waals surface area contributed by atoms with Crippen LogP contribution in [0.15, 0.2) is 60.2 Å². The molecule has 2 aromatic carbocycles. The van der Waals surface area contributed by atoms with Gasteiger partial charge in [-0.3, -0.25) is 9.59 Å². The Labute approximate surface area is 213 Å². The number of anilines is 2. The fourth-order valence-electron chi connectivity index (χ4n) is 4.66. The number of imide groups is 1. The number of ether oxygens (including phenoxy) is 1. The first kappa shape index (κ1) is 25.5. The minimum absolute atomic E-state index is 0.0972. The van der Waals surface area contributed by atoms with Crippen LogP contribution in [0.5, 0.6) is 5.75 Å². The molecule has 1 aliphatic heterocycles. The van der Waals surface area contributed by atoms with E-state index in [0.717, 1.165) is 43.4 Å². The van der Waals surface area contributed by atoms with Crippen LogP contribution in [0.1, 0.15) is 57.4 Å². The van der Waals surface area contributed by atoms with Crippen molar-refractivity contribution in [3.05, 3.63) is 65.7 Å². The molecule has 0 aromatic heterocycles. The third kappa shape index (κ3) is 6.14. The van der Waals surface area contributed by atoms with E-state index in [-0.39, 0.29) is 24.3 Å². The molecule has 7 heteroatoms. The van der Waals surface area contributed by atoms with Gasteiger partial charge in [-0.15, -0.1) is 0 Å². The first-order valence-corrected chi connectivity index (χ1v) is 12.9. The normalized spacial score (nSPS) is 17.8. The average molecular weight is 490 g/mol. The number of nitrogens with one attached hydrogen (secondary N) is 1. The molecule has 4 amide bonds. The summed E-state index contributed by atoms with van der Waals surface area (Å²) in [5.41, 5.74) is 3.52. The van der Waals surface area contributed by atoms with Gasteiger partial charge in [0.05, 0.1) is 18.7 Å². The summed E-state index contributed by atoms with van der Waals surface area (Å²) < 4.78 is 5.59. The Bertz CT molecular complexity index is 1110. The molecule has 1 aliphatic carbocycles. The first-order valence-electron chi connectivity index (χ1n) is 12.9. The number of amides is 4. The molecule has 7 nitrogen and oxygen atoms in total. The van der Waals surface area contributed by atoms with Crippen LogP contribution < -0.4 is 15.0 Å². The van der Waals surface area contributed by atoms with E-state index in [1.165, 1.54) is 16.9 Å². The Kier molecular flexibility index (Phi) is 8.41. The number of hydrogen-bond acceptors (Lipinski definition) is 4. The molecule has 1 fully saturated rings. The average Bonchev–Trinajstić information content (AvgIpc) is 3.12. The van der Waals surface area contributed by atoms with E-state index in [4.69, 9.17) is 4.74 Å². The molecule has 0 radical (unpaired) electrons. The summed E-state index contributed by atoms with van der Waals surface area (Å²) in [7, 11) is 0. The van der Waals surface area contributed by atoms with Gasteiger partial charge in [-0.1, -0.05) is 36.3 Å². The molecule has 2 aromatic rings. The molecular weight excluding hydrogens is 454 g/mol. The van der Waals surface area contributed by atoms with E-state index in [9.17, 15) is 14.4 Å². The van der Waals surface area contributed by atoms with Crippen molar-refractivity contribution in [2.24, 2.45) is 0 Å². The topological polar surface area (TPSA) is 79.0 Å². The highest BCUT2D eigenvalue weighted by Crippen LogP contribution is 2.29. The van der Waals surface area contributed by atoms with E-state index in [1.54, 1.807) is 41.3 Å². The molecule has 0 saturated carbocycles. The molecule has 2 aliphatic rings. The molecule has 1 unspecified atom stereocenters. The molecule has 1 N–H and O–H groups in total. The number of hydrogen-bond donors (Lipinski definition) is 1. The number of rotatable bonds is 10. The number of urea groups is 1. The molecule has 0 spiro atoms. The number of aryl methyl sites for hydroxylation is 1. The van der Waals surface area contributed by atoms with Gasteiger partial charge in [-0.05, 0) is 81.8 Å². The van der Waals surface area contributed by atoms with Gasteiger partial charge in [0.15, 0.2) is 0 Å². The molecule has 1 atom stereocenters. The maximum atomic E-state index is 13.4. The van der Waals surface area contributed by atoms with Crippen LogP contribution in [0.25, 0.3) is 0 Å². The molecule has 0 bridgehead atoms. The van der Waals surface area contributed by atoms with Gasteiger partial charge >= 0.3 is 6.03 Å². The maximum absolute atomic E-state index is 13.4. The van der Waals surface area contributed by atoms with Crippen LogP contribution in [0, 0.1) is 6.92 Å². The lowest BCUT2D eigenvalue weighted by molar-refractivity contribution is -0.124. The zero-order valence-electron chi connectivity index (χ0n) is 21.2. The summed E-state index contributed by atoms with van der Waals surface area (Å²) in [6, 6.07) is 13.3.